The van der Waals surface area contributed by atoms with Gasteiger partial charge in [-0.15, -0.1) is 0 Å². The Hall–Kier alpha value is -2.14. The predicted octanol–water partition coefficient (Wildman–Crippen LogP) is 3.21. The van der Waals surface area contributed by atoms with Crippen molar-refractivity contribution in [2.24, 2.45) is 16.9 Å². The van der Waals surface area contributed by atoms with E-state index in [4.69, 9.17) is 11.6 Å². The Balaban J connectivity index is 1.92. The number of carbonyl (C=O) groups is 1. The van der Waals surface area contributed by atoms with Gasteiger partial charge in [0.15, 0.2) is 0 Å². The molecule has 1 atom stereocenters. The zero-order valence-electron chi connectivity index (χ0n) is 12.5. The van der Waals surface area contributed by atoms with Crippen LogP contribution >= 0.6 is 11.6 Å². The summed E-state index contributed by atoms with van der Waals surface area (Å²) in [5.74, 6) is -0.0161. The smallest absolute Gasteiger partial charge is 0.256 e. The minimum atomic E-state index is -0.210. The molecule has 0 N–H and O–H groups in total. The molecule has 1 aliphatic rings. The van der Waals surface area contributed by atoms with Crippen LogP contribution in [0.3, 0.4) is 0 Å². The van der Waals surface area contributed by atoms with Gasteiger partial charge in [-0.3, -0.25) is 4.79 Å². The van der Waals surface area contributed by atoms with Gasteiger partial charge in [-0.2, -0.15) is 5.10 Å². The maximum atomic E-state index is 12.7. The lowest BCUT2D eigenvalue weighted by Gasteiger charge is -2.17. The van der Waals surface area contributed by atoms with E-state index in [0.717, 1.165) is 11.4 Å². The first-order chi connectivity index (χ1) is 10.6. The molecular formula is C16H17ClN4O. The van der Waals surface area contributed by atoms with Gasteiger partial charge in [0, 0.05) is 17.4 Å². The monoisotopic (exact) mass is 316 g/mol. The number of amides is 1. The maximum absolute atomic E-state index is 12.7. The lowest BCUT2D eigenvalue weighted by atomic mass is 9.90. The van der Waals surface area contributed by atoms with Crippen LogP contribution in [0.2, 0.25) is 5.02 Å². The highest BCUT2D eigenvalue weighted by molar-refractivity contribution is 6.30. The van der Waals surface area contributed by atoms with Gasteiger partial charge in [0.2, 0.25) is 0 Å². The van der Waals surface area contributed by atoms with Crippen molar-refractivity contribution in [3.63, 3.8) is 0 Å². The number of anilines is 1. The molecule has 0 aliphatic carbocycles. The van der Waals surface area contributed by atoms with Crippen LogP contribution in [-0.2, 0) is 11.3 Å². The van der Waals surface area contributed by atoms with Crippen molar-refractivity contribution in [1.82, 2.24) is 9.55 Å². The zero-order valence-corrected chi connectivity index (χ0v) is 13.2. The van der Waals surface area contributed by atoms with Crippen molar-refractivity contribution in [3.05, 3.63) is 48.0 Å². The van der Waals surface area contributed by atoms with Gasteiger partial charge in [0.25, 0.3) is 5.91 Å². The Morgan fingerprint density at radius 2 is 2.00 bits per heavy atom. The molecular weight excluding hydrogens is 300 g/mol. The number of halogens is 1. The molecule has 1 amide bonds. The molecule has 22 heavy (non-hydrogen) atoms. The van der Waals surface area contributed by atoms with Crippen LogP contribution < -0.4 is 5.01 Å². The third-order valence-corrected chi connectivity index (χ3v) is 3.96. The Labute approximate surface area is 134 Å². The first-order valence-corrected chi connectivity index (χ1v) is 7.56. The third kappa shape index (κ3) is 2.76. The van der Waals surface area contributed by atoms with Gasteiger partial charge in [0.1, 0.15) is 0 Å². The van der Waals surface area contributed by atoms with Crippen LogP contribution in [0.25, 0.3) is 0 Å². The van der Waals surface area contributed by atoms with Crippen LogP contribution in [0.1, 0.15) is 13.8 Å². The van der Waals surface area contributed by atoms with Crippen molar-refractivity contribution in [3.8, 4) is 0 Å². The van der Waals surface area contributed by atoms with Crippen LogP contribution in [0, 0.1) is 11.8 Å². The highest BCUT2D eigenvalue weighted by Gasteiger charge is 2.38. The van der Waals surface area contributed by atoms with E-state index in [-0.39, 0.29) is 17.7 Å². The lowest BCUT2D eigenvalue weighted by molar-refractivity contribution is -0.120. The van der Waals surface area contributed by atoms with E-state index >= 15 is 0 Å². The van der Waals surface area contributed by atoms with Crippen LogP contribution in [-0.4, -0.2) is 21.2 Å². The quantitative estimate of drug-likeness (QED) is 0.869. The molecule has 1 aromatic heterocycles. The number of rotatable bonds is 4. The maximum Gasteiger partial charge on any atom is 0.256 e. The van der Waals surface area contributed by atoms with Crippen molar-refractivity contribution in [1.29, 1.82) is 0 Å². The summed E-state index contributed by atoms with van der Waals surface area (Å²) in [6.45, 7) is 4.65. The second-order valence-electron chi connectivity index (χ2n) is 5.67. The number of hydrogen-bond acceptors (Lipinski definition) is 3. The number of benzene rings is 1. The van der Waals surface area contributed by atoms with E-state index in [1.807, 2.05) is 24.6 Å². The average Bonchev–Trinajstić information content (AvgIpc) is 3.08. The minimum absolute atomic E-state index is 0.00689. The first kappa shape index (κ1) is 14.8. The third-order valence-electron chi connectivity index (χ3n) is 3.70. The zero-order chi connectivity index (χ0) is 15.7. The molecule has 2 heterocycles. The summed E-state index contributed by atoms with van der Waals surface area (Å²) in [5, 5.41) is 6.67. The largest absolute Gasteiger partial charge is 0.332 e. The summed E-state index contributed by atoms with van der Waals surface area (Å²) in [4.78, 5) is 16.8. The molecule has 0 saturated carbocycles. The Morgan fingerprint density at radius 1 is 1.27 bits per heavy atom. The lowest BCUT2D eigenvalue weighted by Crippen LogP contribution is -2.32. The van der Waals surface area contributed by atoms with Crippen molar-refractivity contribution in [2.75, 3.05) is 5.01 Å². The summed E-state index contributed by atoms with van der Waals surface area (Å²) in [6.07, 6.45) is 5.32. The second-order valence-corrected chi connectivity index (χ2v) is 6.11. The molecule has 0 saturated heterocycles. The van der Waals surface area contributed by atoms with Gasteiger partial charge in [-0.05, 0) is 30.2 Å². The topological polar surface area (TPSA) is 50.5 Å². The van der Waals surface area contributed by atoms with Crippen molar-refractivity contribution in [2.45, 2.75) is 20.4 Å². The molecule has 114 valence electrons. The molecule has 0 radical (unpaired) electrons. The van der Waals surface area contributed by atoms with Gasteiger partial charge in [-0.1, -0.05) is 25.4 Å². The molecule has 0 bridgehead atoms. The van der Waals surface area contributed by atoms with E-state index in [1.54, 1.807) is 36.8 Å². The van der Waals surface area contributed by atoms with E-state index in [1.165, 1.54) is 5.01 Å². The molecule has 1 unspecified atom stereocenters. The summed E-state index contributed by atoms with van der Waals surface area (Å²) in [6, 6.07) is 7.14. The summed E-state index contributed by atoms with van der Waals surface area (Å²) in [5.41, 5.74) is 1.59. The van der Waals surface area contributed by atoms with Gasteiger partial charge >= 0.3 is 0 Å². The van der Waals surface area contributed by atoms with E-state index in [0.29, 0.717) is 11.6 Å². The van der Waals surface area contributed by atoms with Crippen LogP contribution in [0.4, 0.5) is 5.69 Å². The van der Waals surface area contributed by atoms with Crippen LogP contribution in [0.5, 0.6) is 0 Å². The standard InChI is InChI=1S/C16H17ClN4O/c1-11(2)15-14(9-20-8-7-18-10-20)19-21(16(15)22)13-5-3-12(17)4-6-13/h3-8,10-11,15H,9H2,1-2H3. The van der Waals surface area contributed by atoms with Gasteiger partial charge in [-0.25, -0.2) is 9.99 Å². The SMILES string of the molecule is CC(C)C1C(=O)N(c2ccc(Cl)cc2)N=C1Cn1ccnc1. The number of imidazole rings is 1. The Bertz CT molecular complexity index is 691. The van der Waals surface area contributed by atoms with Gasteiger partial charge in [0.05, 0.1) is 30.2 Å². The Morgan fingerprint density at radius 3 is 2.59 bits per heavy atom. The molecule has 6 heteroatoms. The number of carbonyl (C=O) groups excluding carboxylic acids is 1. The molecule has 1 aliphatic heterocycles. The number of aromatic nitrogens is 2. The normalized spacial score (nSPS) is 18.2. The van der Waals surface area contributed by atoms with E-state index in [9.17, 15) is 4.79 Å². The Kier molecular flexibility index (Phi) is 3.98. The van der Waals surface area contributed by atoms with Gasteiger partial charge < -0.3 is 4.57 Å². The fourth-order valence-corrected chi connectivity index (χ4v) is 2.77. The first-order valence-electron chi connectivity index (χ1n) is 7.19. The summed E-state index contributed by atoms with van der Waals surface area (Å²) in [7, 11) is 0. The molecule has 2 aromatic rings. The molecule has 3 rings (SSSR count). The predicted molar refractivity (Wildman–Crippen MR) is 86.9 cm³/mol. The highest BCUT2D eigenvalue weighted by Crippen LogP contribution is 2.29. The van der Waals surface area contributed by atoms with Crippen molar-refractivity contribution >= 4 is 28.9 Å². The average molecular weight is 317 g/mol. The van der Waals surface area contributed by atoms with E-state index < -0.39 is 0 Å². The van der Waals surface area contributed by atoms with Crippen LogP contribution in [0.15, 0.2) is 48.1 Å². The minimum Gasteiger partial charge on any atom is -0.332 e. The number of hydrogen-bond donors (Lipinski definition) is 0. The molecule has 1 aromatic carbocycles. The van der Waals surface area contributed by atoms with E-state index in [2.05, 4.69) is 10.1 Å². The number of hydrazone groups is 1. The van der Waals surface area contributed by atoms with Crippen molar-refractivity contribution < 1.29 is 4.79 Å². The summed E-state index contributed by atoms with van der Waals surface area (Å²) < 4.78 is 1.92. The fraction of sp³-hybridized carbons (Fsp3) is 0.312. The highest BCUT2D eigenvalue weighted by atomic mass is 35.5. The molecule has 0 fully saturated rings. The summed E-state index contributed by atoms with van der Waals surface area (Å²) >= 11 is 5.91. The number of nitrogens with zero attached hydrogens (tertiary/aromatic N) is 4. The fourth-order valence-electron chi connectivity index (χ4n) is 2.65. The molecule has 0 spiro atoms. The second kappa shape index (κ2) is 5.93. The molecule has 5 nitrogen and oxygen atoms in total.